The average Bonchev–Trinajstić information content (AvgIpc) is 3.17. The summed E-state index contributed by atoms with van der Waals surface area (Å²) in [5, 5.41) is 2.53. The van der Waals surface area contributed by atoms with Crippen molar-refractivity contribution in [3.05, 3.63) is 54.4 Å². The molecule has 0 aliphatic carbocycles. The molecule has 4 rings (SSSR count). The third-order valence-electron chi connectivity index (χ3n) is 4.33. The van der Waals surface area contributed by atoms with Crippen molar-refractivity contribution < 1.29 is 4.74 Å². The Kier molecular flexibility index (Phi) is 3.00. The molecule has 1 saturated heterocycles. The summed E-state index contributed by atoms with van der Waals surface area (Å²) in [7, 11) is 0. The van der Waals surface area contributed by atoms with Crippen molar-refractivity contribution in [2.24, 2.45) is 0 Å². The van der Waals surface area contributed by atoms with Gasteiger partial charge in [-0.05, 0) is 29.7 Å². The minimum Gasteiger partial charge on any atom is -0.379 e. The third kappa shape index (κ3) is 2.05. The Morgan fingerprint density at radius 1 is 1.19 bits per heavy atom. The standard InChI is InChI=1S/C18H18N2O/c1-13-6-7-14-4-2-3-5-16(14)17(13)18-19-9-10-20(18)15-8-11-21-12-15/h2-7,9-10,15H,8,11-12H2,1H3. The molecule has 2 heterocycles. The highest BCUT2D eigenvalue weighted by atomic mass is 16.5. The number of hydrogen-bond acceptors (Lipinski definition) is 2. The molecule has 3 nitrogen and oxygen atoms in total. The molecular formula is C18H18N2O. The lowest BCUT2D eigenvalue weighted by molar-refractivity contribution is 0.187. The average molecular weight is 278 g/mol. The number of ether oxygens (including phenoxy) is 1. The molecule has 21 heavy (non-hydrogen) atoms. The second kappa shape index (κ2) is 5.01. The molecule has 1 fully saturated rings. The first-order valence-electron chi connectivity index (χ1n) is 7.44. The zero-order valence-corrected chi connectivity index (χ0v) is 12.1. The summed E-state index contributed by atoms with van der Waals surface area (Å²) in [6, 6.07) is 13.3. The Hall–Kier alpha value is -2.13. The number of fused-ring (bicyclic) bond motifs is 1. The fraction of sp³-hybridized carbons (Fsp3) is 0.278. The number of rotatable bonds is 2. The largest absolute Gasteiger partial charge is 0.379 e. The Balaban J connectivity index is 1.95. The maximum Gasteiger partial charge on any atom is 0.141 e. The molecule has 0 amide bonds. The molecule has 3 heteroatoms. The summed E-state index contributed by atoms with van der Waals surface area (Å²) >= 11 is 0. The normalized spacial score (nSPS) is 18.4. The number of benzene rings is 2. The van der Waals surface area contributed by atoms with E-state index in [1.165, 1.54) is 21.9 Å². The van der Waals surface area contributed by atoms with Gasteiger partial charge < -0.3 is 9.30 Å². The molecule has 0 saturated carbocycles. The Bertz CT molecular complexity index is 785. The monoisotopic (exact) mass is 278 g/mol. The van der Waals surface area contributed by atoms with Crippen molar-refractivity contribution in [3.8, 4) is 11.4 Å². The van der Waals surface area contributed by atoms with E-state index in [9.17, 15) is 0 Å². The van der Waals surface area contributed by atoms with Crippen LogP contribution in [0.25, 0.3) is 22.2 Å². The Morgan fingerprint density at radius 2 is 2.10 bits per heavy atom. The van der Waals surface area contributed by atoms with Gasteiger partial charge in [0.15, 0.2) is 0 Å². The molecule has 0 radical (unpaired) electrons. The minimum atomic E-state index is 0.404. The molecule has 2 aromatic carbocycles. The van der Waals surface area contributed by atoms with Crippen LogP contribution in [-0.4, -0.2) is 22.8 Å². The van der Waals surface area contributed by atoms with Crippen LogP contribution in [0.4, 0.5) is 0 Å². The second-order valence-electron chi connectivity index (χ2n) is 5.65. The van der Waals surface area contributed by atoms with Crippen LogP contribution in [0.3, 0.4) is 0 Å². The van der Waals surface area contributed by atoms with Crippen molar-refractivity contribution in [2.45, 2.75) is 19.4 Å². The number of aromatic nitrogens is 2. The summed E-state index contributed by atoms with van der Waals surface area (Å²) < 4.78 is 7.82. The smallest absolute Gasteiger partial charge is 0.141 e. The van der Waals surface area contributed by atoms with Gasteiger partial charge in [-0.3, -0.25) is 0 Å². The maximum absolute atomic E-state index is 5.54. The molecule has 0 spiro atoms. The number of aryl methyl sites for hydroxylation is 1. The van der Waals surface area contributed by atoms with Gasteiger partial charge in [0.25, 0.3) is 0 Å². The van der Waals surface area contributed by atoms with Crippen LogP contribution in [0, 0.1) is 6.92 Å². The molecule has 1 aliphatic rings. The van der Waals surface area contributed by atoms with E-state index in [0.29, 0.717) is 6.04 Å². The third-order valence-corrected chi connectivity index (χ3v) is 4.33. The van der Waals surface area contributed by atoms with Crippen molar-refractivity contribution in [1.82, 2.24) is 9.55 Å². The van der Waals surface area contributed by atoms with Crippen LogP contribution in [-0.2, 0) is 4.74 Å². The van der Waals surface area contributed by atoms with E-state index in [4.69, 9.17) is 4.74 Å². The van der Waals surface area contributed by atoms with Gasteiger partial charge in [-0.15, -0.1) is 0 Å². The quantitative estimate of drug-likeness (QED) is 0.709. The van der Waals surface area contributed by atoms with Gasteiger partial charge in [0.2, 0.25) is 0 Å². The molecular weight excluding hydrogens is 260 g/mol. The van der Waals surface area contributed by atoms with Gasteiger partial charge in [0.05, 0.1) is 12.6 Å². The van der Waals surface area contributed by atoms with Crippen molar-refractivity contribution in [3.63, 3.8) is 0 Å². The Morgan fingerprint density at radius 3 is 2.95 bits per heavy atom. The maximum atomic E-state index is 5.54. The first-order valence-corrected chi connectivity index (χ1v) is 7.44. The van der Waals surface area contributed by atoms with Gasteiger partial charge >= 0.3 is 0 Å². The molecule has 1 unspecified atom stereocenters. The van der Waals surface area contributed by atoms with E-state index >= 15 is 0 Å². The summed E-state index contributed by atoms with van der Waals surface area (Å²) in [5.74, 6) is 1.06. The van der Waals surface area contributed by atoms with E-state index < -0.39 is 0 Å². The Labute approximate surface area is 124 Å². The minimum absolute atomic E-state index is 0.404. The summed E-state index contributed by atoms with van der Waals surface area (Å²) in [4.78, 5) is 4.65. The summed E-state index contributed by atoms with van der Waals surface area (Å²) in [6.07, 6.45) is 5.04. The van der Waals surface area contributed by atoms with Gasteiger partial charge in [-0.25, -0.2) is 4.98 Å². The number of hydrogen-bond donors (Lipinski definition) is 0. The fourth-order valence-corrected chi connectivity index (χ4v) is 3.22. The van der Waals surface area contributed by atoms with Crippen LogP contribution in [0.15, 0.2) is 48.8 Å². The summed E-state index contributed by atoms with van der Waals surface area (Å²) in [5.41, 5.74) is 2.50. The predicted molar refractivity (Wildman–Crippen MR) is 84.4 cm³/mol. The summed E-state index contributed by atoms with van der Waals surface area (Å²) in [6.45, 7) is 3.79. The first kappa shape index (κ1) is 12.6. The van der Waals surface area contributed by atoms with Gasteiger partial charge in [-0.2, -0.15) is 0 Å². The van der Waals surface area contributed by atoms with E-state index in [-0.39, 0.29) is 0 Å². The van der Waals surface area contributed by atoms with Crippen molar-refractivity contribution >= 4 is 10.8 Å². The SMILES string of the molecule is Cc1ccc2ccccc2c1-c1nccn1C1CCOC1. The van der Waals surface area contributed by atoms with Gasteiger partial charge in [0.1, 0.15) is 5.82 Å². The zero-order valence-electron chi connectivity index (χ0n) is 12.1. The highest BCUT2D eigenvalue weighted by Crippen LogP contribution is 2.33. The topological polar surface area (TPSA) is 27.1 Å². The lowest BCUT2D eigenvalue weighted by atomic mass is 9.99. The van der Waals surface area contributed by atoms with Crippen molar-refractivity contribution in [2.75, 3.05) is 13.2 Å². The highest BCUT2D eigenvalue weighted by Gasteiger charge is 2.22. The van der Waals surface area contributed by atoms with E-state index in [1.54, 1.807) is 0 Å². The van der Waals surface area contributed by atoms with E-state index in [1.807, 2.05) is 6.20 Å². The van der Waals surface area contributed by atoms with Gasteiger partial charge in [-0.1, -0.05) is 36.4 Å². The molecule has 0 bridgehead atoms. The van der Waals surface area contributed by atoms with Crippen LogP contribution in [0.1, 0.15) is 18.0 Å². The van der Waals surface area contributed by atoms with E-state index in [0.717, 1.165) is 25.5 Å². The predicted octanol–water partition coefficient (Wildman–Crippen LogP) is 3.97. The van der Waals surface area contributed by atoms with Crippen LogP contribution in [0.2, 0.25) is 0 Å². The lowest BCUT2D eigenvalue weighted by Crippen LogP contribution is -2.09. The molecule has 0 N–H and O–H groups in total. The molecule has 3 aromatic rings. The van der Waals surface area contributed by atoms with Crippen LogP contribution in [0.5, 0.6) is 0 Å². The fourth-order valence-electron chi connectivity index (χ4n) is 3.22. The number of nitrogens with zero attached hydrogens (tertiary/aromatic N) is 2. The highest BCUT2D eigenvalue weighted by molar-refractivity contribution is 5.96. The van der Waals surface area contributed by atoms with E-state index in [2.05, 4.69) is 59.1 Å². The van der Waals surface area contributed by atoms with Crippen LogP contribution >= 0.6 is 0 Å². The van der Waals surface area contributed by atoms with Crippen molar-refractivity contribution in [1.29, 1.82) is 0 Å². The zero-order chi connectivity index (χ0) is 14.2. The molecule has 1 aromatic heterocycles. The first-order chi connectivity index (χ1) is 10.3. The molecule has 106 valence electrons. The second-order valence-corrected chi connectivity index (χ2v) is 5.65. The lowest BCUT2D eigenvalue weighted by Gasteiger charge is -2.16. The van der Waals surface area contributed by atoms with Crippen LogP contribution < -0.4 is 0 Å². The molecule has 1 aliphatic heterocycles. The van der Waals surface area contributed by atoms with Gasteiger partial charge in [0, 0.05) is 24.6 Å². The molecule has 1 atom stereocenters. The number of imidazole rings is 1.